The van der Waals surface area contributed by atoms with Crippen molar-refractivity contribution in [3.8, 4) is 0 Å². The van der Waals surface area contributed by atoms with E-state index in [0.29, 0.717) is 0 Å². The van der Waals surface area contributed by atoms with E-state index in [4.69, 9.17) is 0 Å². The maximum atomic E-state index is 10.1. The molecule has 0 heterocycles. The molecule has 1 rings (SSSR count). The average molecular weight is 183 g/mol. The number of benzene rings is 1. The standard InChI is InChI=1S/C8H9NO4/c10-8(11,6-9(12)13)7-4-2-1-3-5-7/h1-5,10-11H,6H2. The molecule has 0 radical (unpaired) electrons. The Morgan fingerprint density at radius 1 is 1.31 bits per heavy atom. The highest BCUT2D eigenvalue weighted by Crippen LogP contribution is 2.16. The van der Waals surface area contributed by atoms with Crippen molar-refractivity contribution in [2.75, 3.05) is 6.54 Å². The van der Waals surface area contributed by atoms with Gasteiger partial charge in [0, 0.05) is 10.5 Å². The molecule has 0 saturated carbocycles. The molecular formula is C8H9NO4. The summed E-state index contributed by atoms with van der Waals surface area (Å²) in [7, 11) is 0. The maximum absolute atomic E-state index is 10.1. The van der Waals surface area contributed by atoms with Crippen molar-refractivity contribution < 1.29 is 15.1 Å². The fraction of sp³-hybridized carbons (Fsp3) is 0.250. The highest BCUT2D eigenvalue weighted by Gasteiger charge is 2.31. The zero-order chi connectivity index (χ0) is 9.90. The zero-order valence-electron chi connectivity index (χ0n) is 6.75. The molecule has 5 heteroatoms. The second kappa shape index (κ2) is 3.51. The second-order valence-electron chi connectivity index (χ2n) is 2.67. The van der Waals surface area contributed by atoms with Gasteiger partial charge in [0.05, 0.1) is 0 Å². The predicted molar refractivity (Wildman–Crippen MR) is 44.4 cm³/mol. The third-order valence-electron chi connectivity index (χ3n) is 1.59. The SMILES string of the molecule is O=[N+]([O-])CC(O)(O)c1ccccc1. The van der Waals surface area contributed by atoms with Gasteiger partial charge in [0.25, 0.3) is 12.3 Å². The molecule has 70 valence electrons. The molecule has 0 amide bonds. The van der Waals surface area contributed by atoms with Crippen LogP contribution in [-0.4, -0.2) is 21.7 Å². The molecule has 0 bridgehead atoms. The van der Waals surface area contributed by atoms with Crippen molar-refractivity contribution in [2.24, 2.45) is 0 Å². The van der Waals surface area contributed by atoms with Gasteiger partial charge in [-0.2, -0.15) is 0 Å². The molecule has 1 aromatic rings. The van der Waals surface area contributed by atoms with Gasteiger partial charge in [-0.25, -0.2) is 0 Å². The summed E-state index contributed by atoms with van der Waals surface area (Å²) in [4.78, 5) is 9.30. The third kappa shape index (κ3) is 2.50. The van der Waals surface area contributed by atoms with E-state index >= 15 is 0 Å². The van der Waals surface area contributed by atoms with Crippen LogP contribution in [0.5, 0.6) is 0 Å². The van der Waals surface area contributed by atoms with Crippen LogP contribution in [0.3, 0.4) is 0 Å². The fourth-order valence-electron chi connectivity index (χ4n) is 0.976. The lowest BCUT2D eigenvalue weighted by atomic mass is 10.1. The molecule has 0 unspecified atom stereocenters. The second-order valence-corrected chi connectivity index (χ2v) is 2.67. The van der Waals surface area contributed by atoms with Gasteiger partial charge < -0.3 is 10.2 Å². The van der Waals surface area contributed by atoms with Crippen LogP contribution in [-0.2, 0) is 5.79 Å². The molecule has 0 saturated heterocycles. The third-order valence-corrected chi connectivity index (χ3v) is 1.59. The van der Waals surface area contributed by atoms with E-state index in [1.54, 1.807) is 18.2 Å². The molecule has 0 atom stereocenters. The van der Waals surface area contributed by atoms with Crippen LogP contribution in [0.2, 0.25) is 0 Å². The molecule has 5 nitrogen and oxygen atoms in total. The normalized spacial score (nSPS) is 11.2. The quantitative estimate of drug-likeness (QED) is 0.395. The number of nitro groups is 1. The van der Waals surface area contributed by atoms with E-state index in [2.05, 4.69) is 0 Å². The summed E-state index contributed by atoms with van der Waals surface area (Å²) in [6, 6.07) is 7.69. The molecule has 1 aromatic carbocycles. The first-order chi connectivity index (χ1) is 6.02. The van der Waals surface area contributed by atoms with E-state index in [0.717, 1.165) is 0 Å². The summed E-state index contributed by atoms with van der Waals surface area (Å²) in [6.07, 6.45) is 0. The number of nitrogens with zero attached hydrogens (tertiary/aromatic N) is 1. The summed E-state index contributed by atoms with van der Waals surface area (Å²) in [5.74, 6) is -2.38. The Kier molecular flexibility index (Phi) is 2.60. The van der Waals surface area contributed by atoms with Gasteiger partial charge in [-0.3, -0.25) is 10.1 Å². The molecule has 0 aliphatic heterocycles. The first-order valence-corrected chi connectivity index (χ1v) is 3.64. The monoisotopic (exact) mass is 183 g/mol. The van der Waals surface area contributed by atoms with Crippen LogP contribution in [0.15, 0.2) is 30.3 Å². The van der Waals surface area contributed by atoms with Gasteiger partial charge in [0.2, 0.25) is 0 Å². The fourth-order valence-corrected chi connectivity index (χ4v) is 0.976. The van der Waals surface area contributed by atoms with Crippen LogP contribution in [0, 0.1) is 10.1 Å². The van der Waals surface area contributed by atoms with Gasteiger partial charge in [0.15, 0.2) is 0 Å². The van der Waals surface area contributed by atoms with Gasteiger partial charge in [0.1, 0.15) is 0 Å². The number of aliphatic hydroxyl groups is 2. The first kappa shape index (κ1) is 9.63. The van der Waals surface area contributed by atoms with Crippen LogP contribution < -0.4 is 0 Å². The Labute approximate surface area is 74.4 Å². The topological polar surface area (TPSA) is 83.6 Å². The minimum absolute atomic E-state index is 0.117. The molecule has 0 aromatic heterocycles. The van der Waals surface area contributed by atoms with Crippen LogP contribution in [0.4, 0.5) is 0 Å². The largest absolute Gasteiger partial charge is 0.357 e. The Bertz CT molecular complexity index is 296. The highest BCUT2D eigenvalue weighted by molar-refractivity contribution is 5.19. The van der Waals surface area contributed by atoms with Crippen molar-refractivity contribution >= 4 is 0 Å². The van der Waals surface area contributed by atoms with E-state index in [1.807, 2.05) is 0 Å². The van der Waals surface area contributed by atoms with Crippen LogP contribution >= 0.6 is 0 Å². The first-order valence-electron chi connectivity index (χ1n) is 3.64. The Morgan fingerprint density at radius 3 is 2.31 bits per heavy atom. The average Bonchev–Trinajstić information content (AvgIpc) is 2.04. The van der Waals surface area contributed by atoms with Crippen LogP contribution in [0.1, 0.15) is 5.56 Å². The lowest BCUT2D eigenvalue weighted by Crippen LogP contribution is -2.33. The summed E-state index contributed by atoms with van der Waals surface area (Å²) in [6.45, 7) is -0.920. The summed E-state index contributed by atoms with van der Waals surface area (Å²) in [5, 5.41) is 28.6. The smallest absolute Gasteiger partial charge is 0.261 e. The molecule has 0 fully saturated rings. The van der Waals surface area contributed by atoms with Crippen LogP contribution in [0.25, 0.3) is 0 Å². The Hall–Kier alpha value is -1.46. The number of hydrogen-bond acceptors (Lipinski definition) is 4. The van der Waals surface area contributed by atoms with Crippen molar-refractivity contribution in [1.82, 2.24) is 0 Å². The lowest BCUT2D eigenvalue weighted by molar-refractivity contribution is -0.521. The number of hydrogen-bond donors (Lipinski definition) is 2. The summed E-state index contributed by atoms with van der Waals surface area (Å²) < 4.78 is 0. The molecule has 2 N–H and O–H groups in total. The lowest BCUT2D eigenvalue weighted by Gasteiger charge is -2.16. The van der Waals surface area contributed by atoms with Crippen molar-refractivity contribution in [3.63, 3.8) is 0 Å². The maximum Gasteiger partial charge on any atom is 0.261 e. The van der Waals surface area contributed by atoms with Gasteiger partial charge in [-0.1, -0.05) is 30.3 Å². The highest BCUT2D eigenvalue weighted by atomic mass is 16.6. The van der Waals surface area contributed by atoms with Crippen molar-refractivity contribution in [3.05, 3.63) is 46.0 Å². The molecular weight excluding hydrogens is 174 g/mol. The van der Waals surface area contributed by atoms with Crippen molar-refractivity contribution in [2.45, 2.75) is 5.79 Å². The minimum atomic E-state index is -2.38. The van der Waals surface area contributed by atoms with Gasteiger partial charge in [-0.15, -0.1) is 0 Å². The molecule has 0 aliphatic carbocycles. The summed E-state index contributed by atoms with van der Waals surface area (Å²) in [5.41, 5.74) is 0.117. The molecule has 0 aliphatic rings. The Balaban J connectivity index is 2.87. The Morgan fingerprint density at radius 2 is 1.85 bits per heavy atom. The summed E-state index contributed by atoms with van der Waals surface area (Å²) >= 11 is 0. The van der Waals surface area contributed by atoms with Crippen molar-refractivity contribution in [1.29, 1.82) is 0 Å². The zero-order valence-corrected chi connectivity index (χ0v) is 6.75. The van der Waals surface area contributed by atoms with E-state index in [9.17, 15) is 20.3 Å². The predicted octanol–water partition coefficient (Wildman–Crippen LogP) is 0.101. The number of rotatable bonds is 3. The molecule has 13 heavy (non-hydrogen) atoms. The van der Waals surface area contributed by atoms with Gasteiger partial charge >= 0.3 is 0 Å². The minimum Gasteiger partial charge on any atom is -0.357 e. The van der Waals surface area contributed by atoms with E-state index in [-0.39, 0.29) is 5.56 Å². The van der Waals surface area contributed by atoms with E-state index < -0.39 is 17.3 Å². The van der Waals surface area contributed by atoms with E-state index in [1.165, 1.54) is 12.1 Å². The molecule has 0 spiro atoms. The van der Waals surface area contributed by atoms with Gasteiger partial charge in [-0.05, 0) is 0 Å².